The molecular formula is C17H22ClN7O2S. The number of piperidine rings is 1. The lowest BCUT2D eigenvalue weighted by atomic mass is 10.1. The second-order valence-corrected chi connectivity index (χ2v) is 9.79. The van der Waals surface area contributed by atoms with Gasteiger partial charge in [0.15, 0.2) is 0 Å². The number of nitrogens with zero attached hydrogens (tertiary/aromatic N) is 6. The molecule has 1 fully saturated rings. The zero-order valence-corrected chi connectivity index (χ0v) is 17.5. The molecule has 9 nitrogen and oxygen atoms in total. The highest BCUT2D eigenvalue weighted by Gasteiger charge is 2.25. The summed E-state index contributed by atoms with van der Waals surface area (Å²) in [6.45, 7) is 5.04. The first kappa shape index (κ1) is 19.3. The lowest BCUT2D eigenvalue weighted by Crippen LogP contribution is -2.42. The number of anilines is 1. The molecule has 0 unspecified atom stereocenters. The van der Waals surface area contributed by atoms with E-state index in [-0.39, 0.29) is 12.1 Å². The van der Waals surface area contributed by atoms with Gasteiger partial charge in [0.1, 0.15) is 16.6 Å². The first-order valence-electron chi connectivity index (χ1n) is 9.16. The number of hydrogen-bond donors (Lipinski definition) is 1. The van der Waals surface area contributed by atoms with E-state index in [0.717, 1.165) is 16.4 Å². The third-order valence-corrected chi connectivity index (χ3v) is 6.58. The Balaban J connectivity index is 1.65. The van der Waals surface area contributed by atoms with E-state index in [1.807, 2.05) is 18.5 Å². The molecule has 1 N–H and O–H groups in total. The van der Waals surface area contributed by atoms with E-state index in [9.17, 15) is 8.42 Å². The highest BCUT2D eigenvalue weighted by molar-refractivity contribution is 7.88. The van der Waals surface area contributed by atoms with Crippen LogP contribution >= 0.6 is 11.6 Å². The van der Waals surface area contributed by atoms with Gasteiger partial charge >= 0.3 is 0 Å². The number of sulfonamides is 1. The van der Waals surface area contributed by atoms with Gasteiger partial charge in [0.25, 0.3) is 0 Å². The van der Waals surface area contributed by atoms with Crippen molar-refractivity contribution in [3.63, 3.8) is 0 Å². The predicted molar refractivity (Wildman–Crippen MR) is 109 cm³/mol. The number of hydrogen-bond acceptors (Lipinski definition) is 7. The maximum Gasteiger partial charge on any atom is 0.223 e. The smallest absolute Gasteiger partial charge is 0.223 e. The van der Waals surface area contributed by atoms with Crippen LogP contribution in [0.15, 0.2) is 12.3 Å². The molecule has 150 valence electrons. The van der Waals surface area contributed by atoms with Gasteiger partial charge in [-0.1, -0.05) is 16.8 Å². The number of benzene rings is 1. The van der Waals surface area contributed by atoms with Crippen molar-refractivity contribution in [2.45, 2.75) is 38.8 Å². The zero-order chi connectivity index (χ0) is 20.1. The quantitative estimate of drug-likeness (QED) is 0.686. The molecule has 2 aromatic heterocycles. The molecule has 11 heteroatoms. The van der Waals surface area contributed by atoms with Gasteiger partial charge in [-0.25, -0.2) is 27.4 Å². The summed E-state index contributed by atoms with van der Waals surface area (Å²) in [4.78, 5) is 9.12. The summed E-state index contributed by atoms with van der Waals surface area (Å²) in [6.07, 6.45) is 4.39. The minimum atomic E-state index is -3.14. The van der Waals surface area contributed by atoms with Gasteiger partial charge < -0.3 is 5.32 Å². The van der Waals surface area contributed by atoms with Crippen molar-refractivity contribution in [1.29, 1.82) is 0 Å². The molecule has 1 aromatic carbocycles. The molecule has 28 heavy (non-hydrogen) atoms. The standard InChI is InChI=1S/C17H22ClN7O2S/c1-10(2)25-16-14-11(8-13(18)15(16)22-23-25)9-19-17(21-14)20-12-4-6-24(7-5-12)28(3,26)27/h8-10,12H,4-7H2,1-3H3,(H,19,20,21). The predicted octanol–water partition coefficient (Wildman–Crippen LogP) is 2.44. The molecule has 0 atom stereocenters. The number of fused-ring (bicyclic) bond motifs is 3. The molecule has 3 aromatic rings. The minimum Gasteiger partial charge on any atom is -0.351 e. The van der Waals surface area contributed by atoms with Gasteiger partial charge in [0.05, 0.1) is 11.3 Å². The molecule has 1 saturated heterocycles. The number of aromatic nitrogens is 5. The van der Waals surface area contributed by atoms with Crippen LogP contribution < -0.4 is 5.32 Å². The third-order valence-electron chi connectivity index (χ3n) is 4.99. The van der Waals surface area contributed by atoms with Crippen molar-refractivity contribution in [2.75, 3.05) is 24.7 Å². The van der Waals surface area contributed by atoms with Crippen LogP contribution in [0.4, 0.5) is 5.95 Å². The average Bonchev–Trinajstić information content (AvgIpc) is 3.08. The van der Waals surface area contributed by atoms with Gasteiger partial charge in [-0.2, -0.15) is 0 Å². The van der Waals surface area contributed by atoms with Crippen LogP contribution in [0.1, 0.15) is 32.7 Å². The molecule has 1 aliphatic heterocycles. The summed E-state index contributed by atoms with van der Waals surface area (Å²) < 4.78 is 26.6. The molecule has 0 amide bonds. The van der Waals surface area contributed by atoms with Crippen molar-refractivity contribution in [1.82, 2.24) is 29.3 Å². The Morgan fingerprint density at radius 1 is 1.25 bits per heavy atom. The Kier molecular flexibility index (Phi) is 4.88. The van der Waals surface area contributed by atoms with Gasteiger partial charge in [0.2, 0.25) is 16.0 Å². The fraction of sp³-hybridized carbons (Fsp3) is 0.529. The molecule has 1 aliphatic rings. The molecule has 0 aliphatic carbocycles. The monoisotopic (exact) mass is 423 g/mol. The zero-order valence-electron chi connectivity index (χ0n) is 15.9. The first-order chi connectivity index (χ1) is 13.2. The fourth-order valence-electron chi connectivity index (χ4n) is 3.51. The van der Waals surface area contributed by atoms with Crippen molar-refractivity contribution in [3.05, 3.63) is 17.3 Å². The summed E-state index contributed by atoms with van der Waals surface area (Å²) in [6, 6.07) is 2.03. The maximum absolute atomic E-state index is 11.7. The Morgan fingerprint density at radius 3 is 2.61 bits per heavy atom. The highest BCUT2D eigenvalue weighted by atomic mass is 35.5. The Morgan fingerprint density at radius 2 is 1.96 bits per heavy atom. The van der Waals surface area contributed by atoms with E-state index in [4.69, 9.17) is 16.6 Å². The Bertz CT molecular complexity index is 1140. The largest absolute Gasteiger partial charge is 0.351 e. The summed E-state index contributed by atoms with van der Waals surface area (Å²) in [5, 5.41) is 13.1. The van der Waals surface area contributed by atoms with Crippen LogP contribution in [0, 0.1) is 0 Å². The molecule has 0 radical (unpaired) electrons. The molecule has 0 spiro atoms. The number of halogens is 1. The topological polar surface area (TPSA) is 106 Å². The fourth-order valence-corrected chi connectivity index (χ4v) is 4.63. The average molecular weight is 424 g/mol. The van der Waals surface area contributed by atoms with E-state index in [1.54, 1.807) is 12.3 Å². The van der Waals surface area contributed by atoms with Crippen LogP contribution in [0.25, 0.3) is 21.9 Å². The van der Waals surface area contributed by atoms with Crippen LogP contribution in [0.5, 0.6) is 0 Å². The summed E-state index contributed by atoms with van der Waals surface area (Å²) in [5.74, 6) is 0.505. The van der Waals surface area contributed by atoms with Gasteiger partial charge in [-0.05, 0) is 32.8 Å². The lowest BCUT2D eigenvalue weighted by molar-refractivity contribution is 0.331. The molecule has 4 rings (SSSR count). The van der Waals surface area contributed by atoms with Crippen LogP contribution in [0.2, 0.25) is 5.02 Å². The van der Waals surface area contributed by atoms with Crippen molar-refractivity contribution < 1.29 is 8.42 Å². The van der Waals surface area contributed by atoms with E-state index in [2.05, 4.69) is 20.6 Å². The highest BCUT2D eigenvalue weighted by Crippen LogP contribution is 2.31. The van der Waals surface area contributed by atoms with E-state index in [1.165, 1.54) is 10.6 Å². The molecule has 3 heterocycles. The van der Waals surface area contributed by atoms with Gasteiger partial charge in [0, 0.05) is 36.8 Å². The number of nitrogens with one attached hydrogen (secondary N) is 1. The van der Waals surface area contributed by atoms with Crippen LogP contribution in [-0.2, 0) is 10.0 Å². The molecule has 0 bridgehead atoms. The lowest BCUT2D eigenvalue weighted by Gasteiger charge is -2.30. The molecular weight excluding hydrogens is 402 g/mol. The molecule has 0 saturated carbocycles. The summed E-state index contributed by atoms with van der Waals surface area (Å²) in [7, 11) is -3.14. The maximum atomic E-state index is 11.7. The number of rotatable bonds is 4. The van der Waals surface area contributed by atoms with Gasteiger partial charge in [-0.15, -0.1) is 5.10 Å². The van der Waals surface area contributed by atoms with Crippen LogP contribution in [0.3, 0.4) is 0 Å². The Hall–Kier alpha value is -2.04. The van der Waals surface area contributed by atoms with Crippen molar-refractivity contribution in [2.24, 2.45) is 0 Å². The normalized spacial score (nSPS) is 17.0. The van der Waals surface area contributed by atoms with Crippen LogP contribution in [-0.4, -0.2) is 63.1 Å². The van der Waals surface area contributed by atoms with Gasteiger partial charge in [-0.3, -0.25) is 0 Å². The summed E-state index contributed by atoms with van der Waals surface area (Å²) in [5.41, 5.74) is 2.15. The first-order valence-corrected chi connectivity index (χ1v) is 11.4. The minimum absolute atomic E-state index is 0.110. The Labute approximate surface area is 168 Å². The van der Waals surface area contributed by atoms with Crippen molar-refractivity contribution in [3.8, 4) is 0 Å². The second kappa shape index (κ2) is 7.09. The summed E-state index contributed by atoms with van der Waals surface area (Å²) >= 11 is 6.36. The second-order valence-electron chi connectivity index (χ2n) is 7.40. The third kappa shape index (κ3) is 3.51. The van der Waals surface area contributed by atoms with E-state index < -0.39 is 10.0 Å². The van der Waals surface area contributed by atoms with E-state index >= 15 is 0 Å². The van der Waals surface area contributed by atoms with E-state index in [0.29, 0.717) is 42.4 Å². The SMILES string of the molecule is CC(C)n1nnc2c(Cl)cc3cnc(NC4CCN(S(C)(=O)=O)CC4)nc3c21. The van der Waals surface area contributed by atoms with Crippen molar-refractivity contribution >= 4 is 49.5 Å².